The predicted molar refractivity (Wildman–Crippen MR) is 70.2 cm³/mol. The molecule has 1 heterocycles. The van der Waals surface area contributed by atoms with Crippen LogP contribution >= 0.6 is 15.9 Å². The van der Waals surface area contributed by atoms with Crippen LogP contribution in [0.25, 0.3) is 0 Å². The second kappa shape index (κ2) is 4.50. The zero-order chi connectivity index (χ0) is 11.0. The van der Waals surface area contributed by atoms with Crippen LogP contribution in [0.4, 0.5) is 0 Å². The maximum atomic E-state index is 3.66. The number of hydrogen-bond donors (Lipinski definition) is 0. The molecule has 0 N–H and O–H groups in total. The number of benzene rings is 1. The molecule has 0 spiro atoms. The highest BCUT2D eigenvalue weighted by molar-refractivity contribution is 9.10. The molecule has 1 fully saturated rings. The van der Waals surface area contributed by atoms with E-state index in [4.69, 9.17) is 0 Å². The molecular weight excluding hydrogens is 262 g/mol. The molecule has 16 heavy (non-hydrogen) atoms. The summed E-state index contributed by atoms with van der Waals surface area (Å²) in [4.78, 5) is 2.62. The van der Waals surface area contributed by atoms with Gasteiger partial charge in [-0.2, -0.15) is 0 Å². The van der Waals surface area contributed by atoms with Gasteiger partial charge >= 0.3 is 0 Å². The van der Waals surface area contributed by atoms with Gasteiger partial charge in [-0.15, -0.1) is 0 Å². The molecule has 1 aliphatic carbocycles. The Hall–Kier alpha value is -0.340. The van der Waals surface area contributed by atoms with Gasteiger partial charge in [0, 0.05) is 24.1 Å². The van der Waals surface area contributed by atoms with Crippen molar-refractivity contribution in [3.05, 3.63) is 33.8 Å². The zero-order valence-corrected chi connectivity index (χ0v) is 11.2. The lowest BCUT2D eigenvalue weighted by atomic mass is 10.1. The van der Waals surface area contributed by atoms with Crippen LogP contribution in [-0.2, 0) is 13.1 Å². The van der Waals surface area contributed by atoms with Crippen molar-refractivity contribution < 1.29 is 0 Å². The molecule has 0 bridgehead atoms. The Bertz CT molecular complexity index is 382. The van der Waals surface area contributed by atoms with Gasteiger partial charge in [-0.1, -0.05) is 40.9 Å². The van der Waals surface area contributed by atoms with E-state index in [2.05, 4.69) is 39.0 Å². The van der Waals surface area contributed by atoms with Gasteiger partial charge in [0.25, 0.3) is 0 Å². The summed E-state index contributed by atoms with van der Waals surface area (Å²) in [5.41, 5.74) is 3.04. The fraction of sp³-hybridized carbons (Fsp3) is 0.571. The lowest BCUT2D eigenvalue weighted by Gasteiger charge is -2.19. The minimum absolute atomic E-state index is 0.966. The molecule has 3 rings (SSSR count). The first kappa shape index (κ1) is 10.8. The van der Waals surface area contributed by atoms with Crippen LogP contribution in [0.5, 0.6) is 0 Å². The van der Waals surface area contributed by atoms with E-state index in [1.165, 1.54) is 47.8 Å². The first-order valence-corrected chi connectivity index (χ1v) is 7.11. The Labute approximate surface area is 106 Å². The van der Waals surface area contributed by atoms with Gasteiger partial charge in [-0.3, -0.25) is 4.90 Å². The third-order valence-electron chi connectivity index (χ3n) is 3.98. The fourth-order valence-electron chi connectivity index (χ4n) is 3.14. The van der Waals surface area contributed by atoms with Gasteiger partial charge in [0.15, 0.2) is 0 Å². The minimum atomic E-state index is 0.966. The summed E-state index contributed by atoms with van der Waals surface area (Å²) in [5.74, 6) is 0.966. The molecular formula is C14H18BrN. The van der Waals surface area contributed by atoms with Gasteiger partial charge in [0.05, 0.1) is 0 Å². The Kier molecular flexibility index (Phi) is 3.03. The van der Waals surface area contributed by atoms with Crippen LogP contribution < -0.4 is 0 Å². The summed E-state index contributed by atoms with van der Waals surface area (Å²) in [5, 5.41) is 0. The topological polar surface area (TPSA) is 3.24 Å². The van der Waals surface area contributed by atoms with E-state index in [-0.39, 0.29) is 0 Å². The van der Waals surface area contributed by atoms with Gasteiger partial charge < -0.3 is 0 Å². The van der Waals surface area contributed by atoms with E-state index in [0.29, 0.717) is 0 Å². The lowest BCUT2D eigenvalue weighted by molar-refractivity contribution is 0.237. The maximum absolute atomic E-state index is 3.66. The molecule has 1 aromatic carbocycles. The molecule has 0 radical (unpaired) electrons. The second-order valence-electron chi connectivity index (χ2n) is 5.20. The normalized spacial score (nSPS) is 21.6. The fourth-order valence-corrected chi connectivity index (χ4v) is 3.67. The summed E-state index contributed by atoms with van der Waals surface area (Å²) < 4.78 is 1.29. The number of halogens is 1. The largest absolute Gasteiger partial charge is 0.294 e. The van der Waals surface area contributed by atoms with E-state index < -0.39 is 0 Å². The van der Waals surface area contributed by atoms with Crippen LogP contribution in [-0.4, -0.2) is 11.4 Å². The van der Waals surface area contributed by atoms with E-state index >= 15 is 0 Å². The maximum Gasteiger partial charge on any atom is 0.0251 e. The van der Waals surface area contributed by atoms with Crippen LogP contribution in [0, 0.1) is 5.92 Å². The van der Waals surface area contributed by atoms with Gasteiger partial charge in [0.2, 0.25) is 0 Å². The molecule has 0 amide bonds. The van der Waals surface area contributed by atoms with Gasteiger partial charge in [-0.05, 0) is 36.0 Å². The van der Waals surface area contributed by atoms with Gasteiger partial charge in [-0.25, -0.2) is 0 Å². The number of rotatable bonds is 2. The number of fused-ring (bicyclic) bond motifs is 1. The molecule has 86 valence electrons. The van der Waals surface area contributed by atoms with E-state index in [1.807, 2.05) is 0 Å². The molecule has 1 saturated carbocycles. The van der Waals surface area contributed by atoms with E-state index in [9.17, 15) is 0 Å². The molecule has 1 aliphatic heterocycles. The second-order valence-corrected chi connectivity index (χ2v) is 6.05. The first-order chi connectivity index (χ1) is 7.83. The molecule has 0 atom stereocenters. The highest BCUT2D eigenvalue weighted by Crippen LogP contribution is 2.32. The minimum Gasteiger partial charge on any atom is -0.294 e. The van der Waals surface area contributed by atoms with Crippen molar-refractivity contribution in [3.63, 3.8) is 0 Å². The van der Waals surface area contributed by atoms with Crippen LogP contribution in [0.1, 0.15) is 36.8 Å². The molecule has 2 heteroatoms. The third-order valence-corrected chi connectivity index (χ3v) is 4.73. The Morgan fingerprint density at radius 1 is 1.19 bits per heavy atom. The van der Waals surface area contributed by atoms with E-state index in [0.717, 1.165) is 19.0 Å². The highest BCUT2D eigenvalue weighted by atomic mass is 79.9. The molecule has 1 aromatic rings. The average Bonchev–Trinajstić information content (AvgIpc) is 2.88. The first-order valence-electron chi connectivity index (χ1n) is 6.31. The number of nitrogens with zero attached hydrogens (tertiary/aromatic N) is 1. The Balaban J connectivity index is 1.68. The SMILES string of the molecule is Brc1cccc2c1CN(CC1CCCC1)C2. The zero-order valence-electron chi connectivity index (χ0n) is 9.58. The summed E-state index contributed by atoms with van der Waals surface area (Å²) in [6, 6.07) is 6.59. The van der Waals surface area contributed by atoms with E-state index in [1.54, 1.807) is 0 Å². The Morgan fingerprint density at radius 3 is 2.75 bits per heavy atom. The van der Waals surface area contributed by atoms with Crippen molar-refractivity contribution in [3.8, 4) is 0 Å². The van der Waals surface area contributed by atoms with Crippen molar-refractivity contribution in [2.45, 2.75) is 38.8 Å². The quantitative estimate of drug-likeness (QED) is 0.792. The summed E-state index contributed by atoms with van der Waals surface area (Å²) >= 11 is 3.66. The van der Waals surface area contributed by atoms with Crippen molar-refractivity contribution in [2.75, 3.05) is 6.54 Å². The van der Waals surface area contributed by atoms with Crippen LogP contribution in [0.2, 0.25) is 0 Å². The van der Waals surface area contributed by atoms with Crippen molar-refractivity contribution >= 4 is 15.9 Å². The van der Waals surface area contributed by atoms with Crippen molar-refractivity contribution in [1.82, 2.24) is 4.90 Å². The van der Waals surface area contributed by atoms with Crippen molar-refractivity contribution in [2.24, 2.45) is 5.92 Å². The predicted octanol–water partition coefficient (Wildman–Crippen LogP) is 3.95. The molecule has 0 aromatic heterocycles. The average molecular weight is 280 g/mol. The molecule has 1 nitrogen and oxygen atoms in total. The Morgan fingerprint density at radius 2 is 2.00 bits per heavy atom. The van der Waals surface area contributed by atoms with Crippen LogP contribution in [0.15, 0.2) is 22.7 Å². The molecule has 0 saturated heterocycles. The molecule has 0 unspecified atom stereocenters. The summed E-state index contributed by atoms with van der Waals surface area (Å²) in [6.07, 6.45) is 5.81. The number of hydrogen-bond acceptors (Lipinski definition) is 1. The lowest BCUT2D eigenvalue weighted by Crippen LogP contribution is -2.23. The summed E-state index contributed by atoms with van der Waals surface area (Å²) in [6.45, 7) is 3.61. The standard InChI is InChI=1S/C14H18BrN/c15-14-7-3-6-12-9-16(10-13(12)14)8-11-4-1-2-5-11/h3,6-7,11H,1-2,4-5,8-10H2. The smallest absolute Gasteiger partial charge is 0.0251 e. The monoisotopic (exact) mass is 279 g/mol. The third kappa shape index (κ3) is 2.05. The van der Waals surface area contributed by atoms with Gasteiger partial charge in [0.1, 0.15) is 0 Å². The highest BCUT2D eigenvalue weighted by Gasteiger charge is 2.24. The van der Waals surface area contributed by atoms with Crippen molar-refractivity contribution in [1.29, 1.82) is 0 Å². The molecule has 2 aliphatic rings. The summed E-state index contributed by atoms with van der Waals surface area (Å²) in [7, 11) is 0. The van der Waals surface area contributed by atoms with Crippen LogP contribution in [0.3, 0.4) is 0 Å².